The molecule has 11 heteroatoms. The third-order valence-electron chi connectivity index (χ3n) is 3.42. The zero-order valence-corrected chi connectivity index (χ0v) is 14.8. The van der Waals surface area contributed by atoms with Crippen LogP contribution in [0.5, 0.6) is 0 Å². The largest absolute Gasteiger partial charge is 0.467 e. The quantitative estimate of drug-likeness (QED) is 0.140. The highest BCUT2D eigenvalue weighted by atomic mass is 16.5. The number of amides is 2. The lowest BCUT2D eigenvalue weighted by Gasteiger charge is -2.21. The van der Waals surface area contributed by atoms with Crippen LogP contribution in [-0.2, 0) is 25.5 Å². The summed E-state index contributed by atoms with van der Waals surface area (Å²) in [7, 11) is 1.23. The molecule has 1 aromatic heterocycles. The summed E-state index contributed by atoms with van der Waals surface area (Å²) in [6.45, 7) is 1.62. The van der Waals surface area contributed by atoms with Crippen LogP contribution in [0.4, 0.5) is 0 Å². The molecule has 0 aliphatic heterocycles. The summed E-state index contributed by atoms with van der Waals surface area (Å²) in [5.41, 5.74) is 11.2. The highest BCUT2D eigenvalue weighted by molar-refractivity contribution is 5.90. The molecule has 0 aliphatic rings. The first-order chi connectivity index (χ1) is 12.3. The molecule has 0 fully saturated rings. The van der Waals surface area contributed by atoms with Crippen molar-refractivity contribution in [2.45, 2.75) is 38.3 Å². The first-order valence-electron chi connectivity index (χ1n) is 8.01. The number of methoxy groups -OCH3 is 1. The van der Waals surface area contributed by atoms with E-state index in [0.29, 0.717) is 18.7 Å². The van der Waals surface area contributed by atoms with Gasteiger partial charge in [0.2, 0.25) is 11.8 Å². The molecule has 2 atom stereocenters. The second-order valence-electron chi connectivity index (χ2n) is 5.57. The fourth-order valence-corrected chi connectivity index (χ4v) is 2.24. The number of hydrogen-bond acceptors (Lipinski definition) is 6. The maximum atomic E-state index is 12.5. The van der Waals surface area contributed by atoms with Crippen molar-refractivity contribution in [1.29, 1.82) is 0 Å². The number of esters is 1. The van der Waals surface area contributed by atoms with E-state index in [1.165, 1.54) is 20.4 Å². The second-order valence-corrected chi connectivity index (χ2v) is 5.57. The van der Waals surface area contributed by atoms with Gasteiger partial charge in [0.05, 0.1) is 13.4 Å². The number of aliphatic imine (C=N–C) groups is 1. The maximum Gasteiger partial charge on any atom is 0.328 e. The number of H-pyrrole nitrogens is 1. The molecule has 0 radical (unpaired) electrons. The van der Waals surface area contributed by atoms with Crippen LogP contribution in [-0.4, -0.2) is 59.4 Å². The average Bonchev–Trinajstić information content (AvgIpc) is 3.08. The minimum absolute atomic E-state index is 0.0473. The van der Waals surface area contributed by atoms with Crippen LogP contribution in [0.25, 0.3) is 0 Å². The lowest BCUT2D eigenvalue weighted by molar-refractivity contribution is -0.145. The Hall–Kier alpha value is -3.11. The Balaban J connectivity index is 2.73. The van der Waals surface area contributed by atoms with Crippen molar-refractivity contribution in [1.82, 2.24) is 20.6 Å². The number of hydrogen-bond donors (Lipinski definition) is 5. The number of nitrogens with two attached hydrogens (primary N) is 2. The van der Waals surface area contributed by atoms with Crippen molar-refractivity contribution < 1.29 is 19.1 Å². The highest BCUT2D eigenvalue weighted by Crippen LogP contribution is 2.04. The van der Waals surface area contributed by atoms with E-state index >= 15 is 0 Å². The van der Waals surface area contributed by atoms with E-state index in [0.717, 1.165) is 0 Å². The third-order valence-corrected chi connectivity index (χ3v) is 3.42. The number of carbonyl (C=O) groups excluding carboxylic acids is 3. The normalized spacial score (nSPS) is 12.5. The zero-order chi connectivity index (χ0) is 19.5. The van der Waals surface area contributed by atoms with Crippen LogP contribution in [0, 0.1) is 0 Å². The molecule has 0 bridgehead atoms. The molecule has 0 saturated carbocycles. The number of nitrogens with zero attached hydrogens (tertiary/aromatic N) is 2. The monoisotopic (exact) mass is 367 g/mol. The second kappa shape index (κ2) is 10.7. The maximum absolute atomic E-state index is 12.5. The lowest BCUT2D eigenvalue weighted by atomic mass is 10.1. The Bertz CT molecular complexity index is 626. The lowest BCUT2D eigenvalue weighted by Crippen LogP contribution is -2.52. The number of imidazole rings is 1. The molecule has 0 saturated heterocycles. The number of guanidine groups is 1. The van der Waals surface area contributed by atoms with Crippen molar-refractivity contribution >= 4 is 23.7 Å². The molecule has 1 heterocycles. The van der Waals surface area contributed by atoms with Crippen molar-refractivity contribution in [2.24, 2.45) is 16.5 Å². The smallest absolute Gasteiger partial charge is 0.328 e. The number of rotatable bonds is 10. The van der Waals surface area contributed by atoms with Gasteiger partial charge in [0.25, 0.3) is 0 Å². The summed E-state index contributed by atoms with van der Waals surface area (Å²) >= 11 is 0. The van der Waals surface area contributed by atoms with Crippen LogP contribution in [0.15, 0.2) is 17.5 Å². The molecule has 26 heavy (non-hydrogen) atoms. The minimum atomic E-state index is -0.875. The summed E-state index contributed by atoms with van der Waals surface area (Å²) in [5.74, 6) is -1.51. The molecule has 1 aromatic rings. The van der Waals surface area contributed by atoms with Gasteiger partial charge in [0.1, 0.15) is 12.1 Å². The Kier molecular flexibility index (Phi) is 8.61. The molecule has 0 spiro atoms. The van der Waals surface area contributed by atoms with Crippen LogP contribution in [0.1, 0.15) is 25.5 Å². The molecule has 0 aromatic carbocycles. The average molecular weight is 367 g/mol. The third kappa shape index (κ3) is 7.64. The summed E-state index contributed by atoms with van der Waals surface area (Å²) in [5, 5.41) is 5.16. The summed E-state index contributed by atoms with van der Waals surface area (Å²) in [4.78, 5) is 46.4. The first kappa shape index (κ1) is 20.9. The molecular weight excluding hydrogens is 342 g/mol. The SMILES string of the molecule is COC(=O)[C@H](CCCN=C(N)N)NC(=O)[C@H](Cc1cnc[nH]1)NC(C)=O. The number of nitrogens with one attached hydrogen (secondary N) is 3. The Morgan fingerprint density at radius 1 is 1.31 bits per heavy atom. The Labute approximate surface area is 151 Å². The topological polar surface area (TPSA) is 178 Å². The zero-order valence-electron chi connectivity index (χ0n) is 14.8. The molecular formula is C15H25N7O4. The van der Waals surface area contributed by atoms with Crippen LogP contribution in [0.3, 0.4) is 0 Å². The predicted octanol–water partition coefficient (Wildman–Crippen LogP) is -1.83. The molecule has 0 aliphatic carbocycles. The number of aromatic amines is 1. The molecule has 1 rings (SSSR count). The van der Waals surface area contributed by atoms with Gasteiger partial charge in [-0.15, -0.1) is 0 Å². The van der Waals surface area contributed by atoms with Crippen molar-refractivity contribution in [3.05, 3.63) is 18.2 Å². The summed E-state index contributed by atoms with van der Waals surface area (Å²) < 4.78 is 4.72. The van der Waals surface area contributed by atoms with Gasteiger partial charge in [0.15, 0.2) is 5.96 Å². The van der Waals surface area contributed by atoms with E-state index in [9.17, 15) is 14.4 Å². The molecule has 0 unspecified atom stereocenters. The first-order valence-corrected chi connectivity index (χ1v) is 8.01. The van der Waals surface area contributed by atoms with Crippen LogP contribution < -0.4 is 22.1 Å². The molecule has 2 amide bonds. The van der Waals surface area contributed by atoms with E-state index in [2.05, 4.69) is 25.6 Å². The van der Waals surface area contributed by atoms with E-state index in [4.69, 9.17) is 16.2 Å². The minimum Gasteiger partial charge on any atom is -0.467 e. The Morgan fingerprint density at radius 3 is 2.58 bits per heavy atom. The van der Waals surface area contributed by atoms with E-state index in [1.807, 2.05) is 0 Å². The fraction of sp³-hybridized carbons (Fsp3) is 0.533. The van der Waals surface area contributed by atoms with Gasteiger partial charge in [-0.1, -0.05) is 0 Å². The summed E-state index contributed by atoms with van der Waals surface area (Å²) in [6, 6.07) is -1.74. The fourth-order valence-electron chi connectivity index (χ4n) is 2.24. The standard InChI is InChI=1S/C15H25N7O4/c1-9(23)21-12(6-10-7-18-8-20-10)13(24)22-11(14(25)26-2)4-3-5-19-15(16)17/h7-8,11-12H,3-6H2,1-2H3,(H,18,20)(H,21,23)(H,22,24)(H4,16,17,19)/t11-,12-/m0/s1. The van der Waals surface area contributed by atoms with Gasteiger partial charge in [0, 0.05) is 31.8 Å². The van der Waals surface area contributed by atoms with Crippen LogP contribution >= 0.6 is 0 Å². The molecule has 7 N–H and O–H groups in total. The predicted molar refractivity (Wildman–Crippen MR) is 93.8 cm³/mol. The molecule has 11 nitrogen and oxygen atoms in total. The highest BCUT2D eigenvalue weighted by Gasteiger charge is 2.27. The van der Waals surface area contributed by atoms with Crippen molar-refractivity contribution in [3.63, 3.8) is 0 Å². The Morgan fingerprint density at radius 2 is 2.04 bits per heavy atom. The summed E-state index contributed by atoms with van der Waals surface area (Å²) in [6.07, 6.45) is 3.97. The van der Waals surface area contributed by atoms with E-state index in [1.54, 1.807) is 6.20 Å². The van der Waals surface area contributed by atoms with Gasteiger partial charge in [-0.3, -0.25) is 14.6 Å². The number of carbonyl (C=O) groups is 3. The molecule has 144 valence electrons. The van der Waals surface area contributed by atoms with E-state index in [-0.39, 0.29) is 24.7 Å². The van der Waals surface area contributed by atoms with Gasteiger partial charge in [-0.05, 0) is 12.8 Å². The van der Waals surface area contributed by atoms with Crippen LogP contribution in [0.2, 0.25) is 0 Å². The van der Waals surface area contributed by atoms with Gasteiger partial charge in [-0.25, -0.2) is 9.78 Å². The van der Waals surface area contributed by atoms with Gasteiger partial charge in [-0.2, -0.15) is 0 Å². The van der Waals surface area contributed by atoms with Gasteiger partial charge < -0.3 is 31.8 Å². The van der Waals surface area contributed by atoms with E-state index < -0.39 is 24.0 Å². The number of ether oxygens (including phenoxy) is 1. The number of aromatic nitrogens is 2. The van der Waals surface area contributed by atoms with Crippen molar-refractivity contribution in [3.8, 4) is 0 Å². The van der Waals surface area contributed by atoms with Crippen molar-refractivity contribution in [2.75, 3.05) is 13.7 Å². The van der Waals surface area contributed by atoms with Gasteiger partial charge >= 0.3 is 5.97 Å².